The van der Waals surface area contributed by atoms with Gasteiger partial charge in [-0.05, 0) is 32.3 Å². The van der Waals surface area contributed by atoms with Crippen LogP contribution in [0.25, 0.3) is 0 Å². The molecule has 4 heteroatoms. The summed E-state index contributed by atoms with van der Waals surface area (Å²) in [5.41, 5.74) is 14.0. The number of hydrogen-bond donors (Lipinski definition) is 2. The molecule has 1 atom stereocenters. The monoisotopic (exact) mass is 258 g/mol. The van der Waals surface area contributed by atoms with Gasteiger partial charge in [-0.25, -0.2) is 4.99 Å². The minimum Gasteiger partial charge on any atom is -0.402 e. The number of likely N-dealkylation sites (tertiary alicyclic amines) is 1. The number of nitrogens with two attached hydrogens (primary N) is 2. The lowest BCUT2D eigenvalue weighted by molar-refractivity contribution is 0.323. The van der Waals surface area contributed by atoms with Crippen LogP contribution < -0.4 is 11.5 Å². The molecule has 1 fully saturated rings. The fourth-order valence-electron chi connectivity index (χ4n) is 2.55. The van der Waals surface area contributed by atoms with E-state index in [1.165, 1.54) is 11.1 Å². The van der Waals surface area contributed by atoms with E-state index in [0.717, 1.165) is 25.2 Å². The zero-order chi connectivity index (χ0) is 13.8. The highest BCUT2D eigenvalue weighted by Gasteiger charge is 2.27. The van der Waals surface area contributed by atoms with Gasteiger partial charge in [-0.3, -0.25) is 0 Å². The third-order valence-electron chi connectivity index (χ3n) is 3.45. The Balaban J connectivity index is 2.26. The van der Waals surface area contributed by atoms with Crippen LogP contribution in [-0.4, -0.2) is 17.3 Å². The Hall–Kier alpha value is -1.97. The van der Waals surface area contributed by atoms with Crippen LogP contribution in [0.4, 0.5) is 0 Å². The molecule has 1 aliphatic rings. The van der Waals surface area contributed by atoms with E-state index in [-0.39, 0.29) is 0 Å². The van der Waals surface area contributed by atoms with Crippen molar-refractivity contribution < 1.29 is 0 Å². The van der Waals surface area contributed by atoms with E-state index in [1.807, 2.05) is 0 Å². The molecule has 0 radical (unpaired) electrons. The first-order valence-electron chi connectivity index (χ1n) is 6.67. The minimum atomic E-state index is 0.346. The summed E-state index contributed by atoms with van der Waals surface area (Å²) >= 11 is 0. The number of nitrogens with zero attached hydrogens (tertiary/aromatic N) is 2. The molecule has 1 saturated heterocycles. The van der Waals surface area contributed by atoms with Crippen molar-refractivity contribution >= 4 is 5.84 Å². The lowest BCUT2D eigenvalue weighted by Gasteiger charge is -2.27. The van der Waals surface area contributed by atoms with Gasteiger partial charge in [0, 0.05) is 12.7 Å². The Morgan fingerprint density at radius 2 is 2.05 bits per heavy atom. The first-order chi connectivity index (χ1) is 9.11. The van der Waals surface area contributed by atoms with E-state index in [4.69, 9.17) is 11.5 Å². The predicted molar refractivity (Wildman–Crippen MR) is 79.4 cm³/mol. The van der Waals surface area contributed by atoms with Crippen LogP contribution in [0.1, 0.15) is 36.9 Å². The van der Waals surface area contributed by atoms with Crippen LogP contribution in [0.2, 0.25) is 0 Å². The van der Waals surface area contributed by atoms with E-state index >= 15 is 0 Å². The molecule has 4 nitrogen and oxygen atoms in total. The smallest absolute Gasteiger partial charge is 0.146 e. The molecule has 2 rings (SSSR count). The molecule has 19 heavy (non-hydrogen) atoms. The molecular formula is C15H22N4. The highest BCUT2D eigenvalue weighted by atomic mass is 15.3. The second kappa shape index (κ2) is 5.78. The molecule has 0 aliphatic carbocycles. The van der Waals surface area contributed by atoms with Crippen molar-refractivity contribution in [1.29, 1.82) is 0 Å². The maximum absolute atomic E-state index is 5.70. The fourth-order valence-corrected chi connectivity index (χ4v) is 2.55. The number of benzene rings is 1. The third-order valence-corrected chi connectivity index (χ3v) is 3.45. The maximum Gasteiger partial charge on any atom is 0.146 e. The van der Waals surface area contributed by atoms with Crippen molar-refractivity contribution in [1.82, 2.24) is 4.90 Å². The number of aryl methyl sites for hydroxylation is 1. The summed E-state index contributed by atoms with van der Waals surface area (Å²) in [6.45, 7) is 4.85. The van der Waals surface area contributed by atoms with Gasteiger partial charge >= 0.3 is 0 Å². The molecule has 0 aromatic heterocycles. The molecule has 0 amide bonds. The normalized spacial score (nSPS) is 20.9. The molecule has 1 heterocycles. The zero-order valence-corrected chi connectivity index (χ0v) is 11.6. The molecule has 1 aromatic rings. The Labute approximate surface area is 114 Å². The number of rotatable bonds is 3. The molecule has 4 N–H and O–H groups in total. The Kier molecular flexibility index (Phi) is 4.10. The van der Waals surface area contributed by atoms with Crippen LogP contribution in [-0.2, 0) is 0 Å². The first-order valence-corrected chi connectivity index (χ1v) is 6.67. The summed E-state index contributed by atoms with van der Waals surface area (Å²) in [4.78, 5) is 6.56. The van der Waals surface area contributed by atoms with E-state index in [9.17, 15) is 0 Å². The van der Waals surface area contributed by atoms with Crippen LogP contribution in [0.15, 0.2) is 41.3 Å². The van der Waals surface area contributed by atoms with Gasteiger partial charge in [-0.15, -0.1) is 0 Å². The fraction of sp³-hybridized carbons (Fsp3) is 0.400. The summed E-state index contributed by atoms with van der Waals surface area (Å²) in [7, 11) is 0. The standard InChI is InChI=1S/C15H22N4/c1-11-5-7-13(8-6-11)14-4-3-9-19(14)15(10-16)18-12(2)17/h5-8,10,14H,3-4,9,16H2,1-2H3,(H2,17,18)/b15-10+. The van der Waals surface area contributed by atoms with Gasteiger partial charge in [0.2, 0.25) is 0 Å². The van der Waals surface area contributed by atoms with Crippen molar-refractivity contribution in [2.45, 2.75) is 32.7 Å². The first kappa shape index (κ1) is 13.5. The quantitative estimate of drug-likeness (QED) is 0.645. The number of amidine groups is 1. The maximum atomic E-state index is 5.70. The van der Waals surface area contributed by atoms with Crippen LogP contribution in [0.5, 0.6) is 0 Å². The summed E-state index contributed by atoms with van der Waals surface area (Å²) in [6.07, 6.45) is 3.82. The summed E-state index contributed by atoms with van der Waals surface area (Å²) < 4.78 is 0. The molecule has 0 spiro atoms. The predicted octanol–water partition coefficient (Wildman–Crippen LogP) is 2.27. The summed E-state index contributed by atoms with van der Waals surface area (Å²) in [5, 5.41) is 0. The van der Waals surface area contributed by atoms with Crippen LogP contribution >= 0.6 is 0 Å². The van der Waals surface area contributed by atoms with Crippen LogP contribution in [0.3, 0.4) is 0 Å². The molecule has 0 bridgehead atoms. The topological polar surface area (TPSA) is 67.6 Å². The highest BCUT2D eigenvalue weighted by molar-refractivity contribution is 5.78. The lowest BCUT2D eigenvalue weighted by atomic mass is 10.0. The van der Waals surface area contributed by atoms with Gasteiger partial charge in [0.05, 0.1) is 11.9 Å². The average Bonchev–Trinajstić information content (AvgIpc) is 2.85. The Bertz CT molecular complexity index is 483. The van der Waals surface area contributed by atoms with Gasteiger partial charge in [0.25, 0.3) is 0 Å². The van der Waals surface area contributed by atoms with Crippen molar-refractivity contribution in [2.24, 2.45) is 16.5 Å². The second-order valence-electron chi connectivity index (χ2n) is 5.04. The number of hydrogen-bond acceptors (Lipinski definition) is 3. The van der Waals surface area contributed by atoms with Crippen molar-refractivity contribution in [3.8, 4) is 0 Å². The lowest BCUT2D eigenvalue weighted by Crippen LogP contribution is -2.24. The van der Waals surface area contributed by atoms with Crippen molar-refractivity contribution in [2.75, 3.05) is 6.54 Å². The van der Waals surface area contributed by atoms with Gasteiger partial charge in [-0.1, -0.05) is 29.8 Å². The van der Waals surface area contributed by atoms with Gasteiger partial charge < -0.3 is 16.4 Å². The van der Waals surface area contributed by atoms with E-state index in [1.54, 1.807) is 13.1 Å². The SMILES string of the molecule is C/C(N)=N\C(=C/N)N1CCCC1c1ccc(C)cc1. The molecule has 1 unspecified atom stereocenters. The molecule has 1 aliphatic heterocycles. The minimum absolute atomic E-state index is 0.346. The Morgan fingerprint density at radius 1 is 1.37 bits per heavy atom. The van der Waals surface area contributed by atoms with E-state index in [0.29, 0.717) is 11.9 Å². The van der Waals surface area contributed by atoms with Crippen molar-refractivity contribution in [3.63, 3.8) is 0 Å². The second-order valence-corrected chi connectivity index (χ2v) is 5.04. The van der Waals surface area contributed by atoms with Gasteiger partial charge in [0.1, 0.15) is 5.82 Å². The summed E-state index contributed by atoms with van der Waals surface area (Å²) in [6, 6.07) is 9.01. The third kappa shape index (κ3) is 3.08. The highest BCUT2D eigenvalue weighted by Crippen LogP contribution is 2.35. The van der Waals surface area contributed by atoms with Gasteiger partial charge in [-0.2, -0.15) is 0 Å². The van der Waals surface area contributed by atoms with E-state index < -0.39 is 0 Å². The van der Waals surface area contributed by atoms with Crippen molar-refractivity contribution in [3.05, 3.63) is 47.4 Å². The zero-order valence-electron chi connectivity index (χ0n) is 11.6. The Morgan fingerprint density at radius 3 is 2.63 bits per heavy atom. The molecule has 0 saturated carbocycles. The number of aliphatic imine (C=N–C) groups is 1. The largest absolute Gasteiger partial charge is 0.402 e. The van der Waals surface area contributed by atoms with E-state index in [2.05, 4.69) is 41.1 Å². The summed E-state index contributed by atoms with van der Waals surface area (Å²) in [5.74, 6) is 1.30. The molecular weight excluding hydrogens is 236 g/mol. The molecule has 102 valence electrons. The average molecular weight is 258 g/mol. The molecule has 1 aromatic carbocycles. The van der Waals surface area contributed by atoms with Crippen LogP contribution in [0, 0.1) is 6.92 Å². The van der Waals surface area contributed by atoms with Gasteiger partial charge in [0.15, 0.2) is 0 Å².